The standard InChI is InChI=1S/C17H25N5O11P2/c18-14(25)15-20-17(32-8-3-1-2-4-8)16-19-5-9(22(16)21-15)13-12(24)11(23)10(33-13)6-31-35(29,30)7-34(26,27)28/h5,8,10-13,23-24H,1-4,6-7H2,(H2,18,25)(H,29,30)(H2,26,27,28)/t10-,11-,12-,13+/m1/s1. The number of amides is 1. The molecule has 1 aliphatic heterocycles. The first-order valence-electron chi connectivity index (χ1n) is 10.6. The van der Waals surface area contributed by atoms with E-state index in [2.05, 4.69) is 15.1 Å². The number of imidazole rings is 1. The van der Waals surface area contributed by atoms with Crippen molar-refractivity contribution in [2.75, 3.05) is 12.5 Å². The molecule has 0 bridgehead atoms. The zero-order chi connectivity index (χ0) is 25.5. The predicted octanol–water partition coefficient (Wildman–Crippen LogP) is -0.957. The summed E-state index contributed by atoms with van der Waals surface area (Å²) in [7, 11) is -9.56. The van der Waals surface area contributed by atoms with E-state index < -0.39 is 58.0 Å². The summed E-state index contributed by atoms with van der Waals surface area (Å²) in [5, 5.41) is 25.0. The lowest BCUT2D eigenvalue weighted by Gasteiger charge is -2.18. The van der Waals surface area contributed by atoms with Gasteiger partial charge in [0.05, 0.1) is 18.5 Å². The van der Waals surface area contributed by atoms with Crippen LogP contribution in [0.1, 0.15) is 48.1 Å². The number of hydrogen-bond acceptors (Lipinski definition) is 11. The van der Waals surface area contributed by atoms with Crippen molar-refractivity contribution in [3.8, 4) is 5.88 Å². The molecule has 1 saturated carbocycles. The van der Waals surface area contributed by atoms with Crippen LogP contribution in [-0.2, 0) is 18.4 Å². The van der Waals surface area contributed by atoms with Crippen molar-refractivity contribution in [3.05, 3.63) is 17.7 Å². The number of carbonyl (C=O) groups excluding carboxylic acids is 1. The van der Waals surface area contributed by atoms with Gasteiger partial charge in [-0.3, -0.25) is 13.9 Å². The number of aliphatic hydroxyl groups is 2. The number of hydrogen-bond donors (Lipinski definition) is 6. The largest absolute Gasteiger partial charge is 0.472 e. The van der Waals surface area contributed by atoms with Crippen molar-refractivity contribution in [1.82, 2.24) is 19.6 Å². The lowest BCUT2D eigenvalue weighted by atomic mass is 10.1. The molecular weight excluding hydrogens is 512 g/mol. The maximum Gasteiger partial charge on any atom is 0.340 e. The Balaban J connectivity index is 1.58. The Bertz CT molecular complexity index is 1200. The highest BCUT2D eigenvalue weighted by molar-refractivity contribution is 7.70. The number of rotatable bonds is 9. The molecule has 35 heavy (non-hydrogen) atoms. The zero-order valence-electron chi connectivity index (χ0n) is 18.2. The molecule has 2 aromatic heterocycles. The second-order valence-electron chi connectivity index (χ2n) is 8.36. The normalized spacial score (nSPS) is 27.3. The van der Waals surface area contributed by atoms with Crippen LogP contribution in [0.5, 0.6) is 5.88 Å². The van der Waals surface area contributed by atoms with E-state index in [0.29, 0.717) is 0 Å². The number of fused-ring (bicyclic) bond motifs is 1. The van der Waals surface area contributed by atoms with Gasteiger partial charge in [-0.1, -0.05) is 0 Å². The van der Waals surface area contributed by atoms with Crippen molar-refractivity contribution >= 4 is 26.7 Å². The third kappa shape index (κ3) is 5.88. The summed E-state index contributed by atoms with van der Waals surface area (Å²) < 4.78 is 40.2. The fourth-order valence-electron chi connectivity index (χ4n) is 4.01. The van der Waals surface area contributed by atoms with Gasteiger partial charge in [-0.15, -0.1) is 5.10 Å². The molecule has 0 radical (unpaired) electrons. The first kappa shape index (κ1) is 26.1. The minimum atomic E-state index is -4.85. The van der Waals surface area contributed by atoms with Crippen LogP contribution in [0.2, 0.25) is 0 Å². The monoisotopic (exact) mass is 537 g/mol. The number of aromatic nitrogens is 4. The molecular formula is C17H25N5O11P2. The number of nitrogens with two attached hydrogens (primary N) is 1. The Morgan fingerprint density at radius 3 is 2.51 bits per heavy atom. The summed E-state index contributed by atoms with van der Waals surface area (Å²) in [4.78, 5) is 47.5. The van der Waals surface area contributed by atoms with Gasteiger partial charge in [-0.25, -0.2) is 9.50 Å². The molecule has 0 aromatic carbocycles. The molecule has 1 unspecified atom stereocenters. The highest BCUT2D eigenvalue weighted by atomic mass is 31.2. The molecule has 2 aliphatic rings. The average Bonchev–Trinajstić information content (AvgIpc) is 3.46. The molecule has 7 N–H and O–H groups in total. The Kier molecular flexibility index (Phi) is 7.31. The SMILES string of the molecule is NC(=O)c1nc(OC2CCCC2)c2ncc([C@@H]3O[C@H](COP(=O)(O)CP(=O)(O)O)[C@@H](O)[C@H]3O)n2n1. The molecule has 5 atom stereocenters. The van der Waals surface area contributed by atoms with Gasteiger partial charge in [-0.05, 0) is 25.7 Å². The zero-order valence-corrected chi connectivity index (χ0v) is 19.9. The molecule has 1 aliphatic carbocycles. The smallest absolute Gasteiger partial charge is 0.340 e. The van der Waals surface area contributed by atoms with E-state index in [9.17, 15) is 29.0 Å². The first-order valence-corrected chi connectivity index (χ1v) is 14.2. The summed E-state index contributed by atoms with van der Waals surface area (Å²) in [6.07, 6.45) is -1.11. The number of aliphatic hydroxyl groups excluding tert-OH is 2. The third-order valence-electron chi connectivity index (χ3n) is 5.62. The van der Waals surface area contributed by atoms with Crippen LogP contribution in [-0.4, -0.2) is 87.3 Å². The van der Waals surface area contributed by atoms with Crippen molar-refractivity contribution in [3.63, 3.8) is 0 Å². The van der Waals surface area contributed by atoms with Crippen molar-refractivity contribution in [2.45, 2.75) is 56.2 Å². The van der Waals surface area contributed by atoms with E-state index in [1.165, 1.54) is 6.20 Å². The van der Waals surface area contributed by atoms with E-state index in [-0.39, 0.29) is 29.1 Å². The van der Waals surface area contributed by atoms with Gasteiger partial charge in [0.2, 0.25) is 11.5 Å². The summed E-state index contributed by atoms with van der Waals surface area (Å²) >= 11 is 0. The Labute approximate surface area is 197 Å². The van der Waals surface area contributed by atoms with Gasteiger partial charge in [0, 0.05) is 0 Å². The second kappa shape index (κ2) is 9.81. The summed E-state index contributed by atoms with van der Waals surface area (Å²) in [5.74, 6) is -2.72. The number of nitrogens with zero attached hydrogens (tertiary/aromatic N) is 4. The lowest BCUT2D eigenvalue weighted by molar-refractivity contribution is -0.0204. The van der Waals surface area contributed by atoms with Crippen LogP contribution in [0.15, 0.2) is 6.20 Å². The highest BCUT2D eigenvalue weighted by Gasteiger charge is 2.46. The van der Waals surface area contributed by atoms with E-state index >= 15 is 0 Å². The van der Waals surface area contributed by atoms with Crippen LogP contribution in [0.4, 0.5) is 0 Å². The maximum absolute atomic E-state index is 11.9. The van der Waals surface area contributed by atoms with E-state index in [1.54, 1.807) is 0 Å². The molecule has 18 heteroatoms. The summed E-state index contributed by atoms with van der Waals surface area (Å²) in [5.41, 5.74) is 5.56. The van der Waals surface area contributed by atoms with Crippen LogP contribution in [0.3, 0.4) is 0 Å². The fourth-order valence-corrected chi connectivity index (χ4v) is 6.58. The first-order chi connectivity index (χ1) is 16.3. The third-order valence-corrected chi connectivity index (χ3v) is 9.07. The lowest BCUT2D eigenvalue weighted by Crippen LogP contribution is -2.33. The summed E-state index contributed by atoms with van der Waals surface area (Å²) in [6.45, 7) is -0.753. The number of primary amides is 1. The van der Waals surface area contributed by atoms with Crippen LogP contribution in [0.25, 0.3) is 5.65 Å². The molecule has 0 spiro atoms. The average molecular weight is 537 g/mol. The van der Waals surface area contributed by atoms with Gasteiger partial charge in [0.25, 0.3) is 11.8 Å². The van der Waals surface area contributed by atoms with Gasteiger partial charge in [0.1, 0.15) is 30.5 Å². The van der Waals surface area contributed by atoms with Crippen molar-refractivity contribution in [1.29, 1.82) is 0 Å². The van der Waals surface area contributed by atoms with Crippen LogP contribution in [0, 0.1) is 0 Å². The molecule has 2 aromatic rings. The van der Waals surface area contributed by atoms with Crippen LogP contribution >= 0.6 is 15.2 Å². The molecule has 1 saturated heterocycles. The molecule has 3 heterocycles. The quantitative estimate of drug-likeness (QED) is 0.211. The maximum atomic E-state index is 11.9. The minimum Gasteiger partial charge on any atom is -0.472 e. The van der Waals surface area contributed by atoms with E-state index in [4.69, 9.17) is 29.5 Å². The predicted molar refractivity (Wildman–Crippen MR) is 114 cm³/mol. The van der Waals surface area contributed by atoms with Crippen molar-refractivity contribution in [2.24, 2.45) is 5.73 Å². The molecule has 2 fully saturated rings. The number of carbonyl (C=O) groups is 1. The molecule has 1 amide bonds. The van der Waals surface area contributed by atoms with E-state index in [1.807, 2.05) is 0 Å². The Morgan fingerprint density at radius 1 is 1.20 bits per heavy atom. The molecule has 4 rings (SSSR count). The van der Waals surface area contributed by atoms with Gasteiger partial charge < -0.3 is 44.6 Å². The second-order valence-corrected chi connectivity index (χ2v) is 12.4. The number of ether oxygens (including phenoxy) is 2. The molecule has 16 nitrogen and oxygen atoms in total. The van der Waals surface area contributed by atoms with Crippen molar-refractivity contribution < 1.29 is 52.8 Å². The topological polar surface area (TPSA) is 249 Å². The van der Waals surface area contributed by atoms with Gasteiger partial charge >= 0.3 is 15.2 Å². The highest BCUT2D eigenvalue weighted by Crippen LogP contribution is 2.55. The van der Waals surface area contributed by atoms with Gasteiger partial charge in [-0.2, -0.15) is 4.98 Å². The van der Waals surface area contributed by atoms with Gasteiger partial charge in [0.15, 0.2) is 5.90 Å². The van der Waals surface area contributed by atoms with Crippen LogP contribution < -0.4 is 10.5 Å². The summed E-state index contributed by atoms with van der Waals surface area (Å²) in [6, 6.07) is 0. The Morgan fingerprint density at radius 2 is 1.89 bits per heavy atom. The minimum absolute atomic E-state index is 0.0125. The Hall–Kier alpha value is -2.00. The fraction of sp³-hybridized carbons (Fsp3) is 0.647. The van der Waals surface area contributed by atoms with E-state index in [0.717, 1.165) is 30.2 Å². The molecule has 194 valence electrons.